The maximum Gasteiger partial charge on any atom is 0.153 e. The summed E-state index contributed by atoms with van der Waals surface area (Å²) in [5, 5.41) is 0. The van der Waals surface area contributed by atoms with Crippen molar-refractivity contribution in [2.45, 2.75) is 6.61 Å². The minimum atomic E-state index is 0.316. The molecule has 0 aliphatic rings. The first-order chi connectivity index (χ1) is 7.77. The zero-order valence-corrected chi connectivity index (χ0v) is 9.06. The Hall–Kier alpha value is -2.09. The highest BCUT2D eigenvalue weighted by molar-refractivity contribution is 5.78. The van der Waals surface area contributed by atoms with Crippen molar-refractivity contribution in [3.05, 3.63) is 72.5 Å². The van der Waals surface area contributed by atoms with Crippen LogP contribution in [0, 0.1) is 0 Å². The van der Waals surface area contributed by atoms with E-state index in [1.807, 2.05) is 30.3 Å². The SMILES string of the molecule is C=C/C=C(/OCc1ccccc1)C(=C)C=O. The van der Waals surface area contributed by atoms with E-state index < -0.39 is 0 Å². The molecule has 0 unspecified atom stereocenters. The monoisotopic (exact) mass is 214 g/mol. The average molecular weight is 214 g/mol. The number of carbonyl (C=O) groups excluding carboxylic acids is 1. The van der Waals surface area contributed by atoms with Crippen LogP contribution in [0.4, 0.5) is 0 Å². The van der Waals surface area contributed by atoms with Crippen molar-refractivity contribution in [1.82, 2.24) is 0 Å². The van der Waals surface area contributed by atoms with Crippen molar-refractivity contribution in [2.24, 2.45) is 0 Å². The smallest absolute Gasteiger partial charge is 0.153 e. The van der Waals surface area contributed by atoms with E-state index in [1.54, 1.807) is 12.2 Å². The number of aldehydes is 1. The highest BCUT2D eigenvalue weighted by Gasteiger charge is 2.02. The molecule has 0 aliphatic carbocycles. The van der Waals surface area contributed by atoms with Gasteiger partial charge in [-0.25, -0.2) is 0 Å². The van der Waals surface area contributed by atoms with Gasteiger partial charge in [-0.15, -0.1) is 0 Å². The van der Waals surface area contributed by atoms with Gasteiger partial charge >= 0.3 is 0 Å². The first-order valence-corrected chi connectivity index (χ1v) is 4.92. The summed E-state index contributed by atoms with van der Waals surface area (Å²) in [5.41, 5.74) is 1.35. The van der Waals surface area contributed by atoms with Gasteiger partial charge in [-0.1, -0.05) is 49.6 Å². The zero-order valence-electron chi connectivity index (χ0n) is 9.06. The van der Waals surface area contributed by atoms with Gasteiger partial charge in [-0.3, -0.25) is 4.79 Å². The molecule has 0 spiro atoms. The van der Waals surface area contributed by atoms with Crippen LogP contribution < -0.4 is 0 Å². The van der Waals surface area contributed by atoms with Crippen molar-refractivity contribution in [2.75, 3.05) is 0 Å². The van der Waals surface area contributed by atoms with Crippen molar-refractivity contribution in [3.63, 3.8) is 0 Å². The molecule has 1 aromatic rings. The topological polar surface area (TPSA) is 26.3 Å². The van der Waals surface area contributed by atoms with Crippen LogP contribution >= 0.6 is 0 Å². The van der Waals surface area contributed by atoms with Gasteiger partial charge < -0.3 is 4.74 Å². The largest absolute Gasteiger partial charge is 0.488 e. The second kappa shape index (κ2) is 6.40. The van der Waals surface area contributed by atoms with E-state index in [9.17, 15) is 4.79 Å². The molecular weight excluding hydrogens is 200 g/mol. The minimum Gasteiger partial charge on any atom is -0.488 e. The molecule has 0 fully saturated rings. The summed E-state index contributed by atoms with van der Waals surface area (Å²) in [5.74, 6) is 0.453. The standard InChI is InChI=1S/C14H14O2/c1-3-7-14(12(2)10-15)16-11-13-8-5-4-6-9-13/h3-10H,1-2,11H2/b14-7+. The molecule has 0 atom stereocenters. The molecule has 0 heterocycles. The van der Waals surface area contributed by atoms with Crippen molar-refractivity contribution in [3.8, 4) is 0 Å². The molecule has 0 N–H and O–H groups in total. The molecule has 82 valence electrons. The molecule has 0 saturated carbocycles. The molecule has 16 heavy (non-hydrogen) atoms. The van der Waals surface area contributed by atoms with Crippen LogP contribution in [0.3, 0.4) is 0 Å². The summed E-state index contributed by atoms with van der Waals surface area (Å²) >= 11 is 0. The van der Waals surface area contributed by atoms with Gasteiger partial charge in [0.15, 0.2) is 6.29 Å². The van der Waals surface area contributed by atoms with E-state index in [-0.39, 0.29) is 0 Å². The molecule has 0 aromatic heterocycles. The van der Waals surface area contributed by atoms with E-state index in [4.69, 9.17) is 4.74 Å². The van der Waals surface area contributed by atoms with Crippen LogP contribution in [0.15, 0.2) is 67.0 Å². The number of hydrogen-bond acceptors (Lipinski definition) is 2. The predicted octanol–water partition coefficient (Wildman–Crippen LogP) is 3.03. The molecule has 0 aliphatic heterocycles. The normalized spacial score (nSPS) is 10.6. The third-order valence-electron chi connectivity index (χ3n) is 1.97. The van der Waals surface area contributed by atoms with E-state index in [0.717, 1.165) is 5.56 Å². The maximum atomic E-state index is 10.6. The molecule has 0 radical (unpaired) electrons. The highest BCUT2D eigenvalue weighted by Crippen LogP contribution is 2.11. The molecular formula is C14H14O2. The second-order valence-corrected chi connectivity index (χ2v) is 3.18. The van der Waals surface area contributed by atoms with Gasteiger partial charge in [0.25, 0.3) is 0 Å². The van der Waals surface area contributed by atoms with Crippen LogP contribution in [0.1, 0.15) is 5.56 Å². The molecule has 1 aromatic carbocycles. The Kier molecular flexibility index (Phi) is 4.80. The minimum absolute atomic E-state index is 0.316. The predicted molar refractivity (Wildman–Crippen MR) is 64.7 cm³/mol. The maximum absolute atomic E-state index is 10.6. The number of allylic oxidation sites excluding steroid dienone is 3. The molecule has 1 rings (SSSR count). The Labute approximate surface area is 95.6 Å². The van der Waals surface area contributed by atoms with E-state index in [2.05, 4.69) is 13.2 Å². The first-order valence-electron chi connectivity index (χ1n) is 4.92. The summed E-state index contributed by atoms with van der Waals surface area (Å²) < 4.78 is 5.48. The molecule has 2 nitrogen and oxygen atoms in total. The van der Waals surface area contributed by atoms with Crippen LogP contribution in [-0.2, 0) is 16.1 Å². The highest BCUT2D eigenvalue weighted by atomic mass is 16.5. The fraction of sp³-hybridized carbons (Fsp3) is 0.0714. The van der Waals surface area contributed by atoms with Crippen molar-refractivity contribution in [1.29, 1.82) is 0 Å². The van der Waals surface area contributed by atoms with Gasteiger partial charge in [0.2, 0.25) is 0 Å². The Bertz CT molecular complexity index is 402. The lowest BCUT2D eigenvalue weighted by atomic mass is 10.2. The number of hydrogen-bond donors (Lipinski definition) is 0. The van der Waals surface area contributed by atoms with Crippen LogP contribution in [0.25, 0.3) is 0 Å². The fourth-order valence-corrected chi connectivity index (χ4v) is 1.15. The molecule has 0 bridgehead atoms. The van der Waals surface area contributed by atoms with Gasteiger partial charge in [0.1, 0.15) is 12.4 Å². The number of benzene rings is 1. The average Bonchev–Trinajstić information content (AvgIpc) is 2.34. The molecule has 2 heteroatoms. The summed E-state index contributed by atoms with van der Waals surface area (Å²) in [6.07, 6.45) is 3.86. The third-order valence-corrected chi connectivity index (χ3v) is 1.97. The van der Waals surface area contributed by atoms with Crippen LogP contribution in [0.2, 0.25) is 0 Å². The summed E-state index contributed by atoms with van der Waals surface area (Å²) in [6.45, 7) is 7.56. The number of rotatable bonds is 6. The third kappa shape index (κ3) is 3.58. The lowest BCUT2D eigenvalue weighted by Gasteiger charge is -2.08. The Morgan fingerprint density at radius 1 is 1.31 bits per heavy atom. The molecule has 0 saturated heterocycles. The Morgan fingerprint density at radius 3 is 2.56 bits per heavy atom. The zero-order chi connectivity index (χ0) is 11.8. The lowest BCUT2D eigenvalue weighted by Crippen LogP contribution is -1.97. The number of carbonyl (C=O) groups is 1. The first kappa shape index (κ1) is 12.0. The summed E-state index contributed by atoms with van der Waals surface area (Å²) in [4.78, 5) is 10.6. The summed E-state index contributed by atoms with van der Waals surface area (Å²) in [6, 6.07) is 9.72. The lowest BCUT2D eigenvalue weighted by molar-refractivity contribution is -0.105. The van der Waals surface area contributed by atoms with Crippen LogP contribution in [0.5, 0.6) is 0 Å². The summed E-state index contributed by atoms with van der Waals surface area (Å²) in [7, 11) is 0. The Morgan fingerprint density at radius 2 is 2.00 bits per heavy atom. The second-order valence-electron chi connectivity index (χ2n) is 3.18. The van der Waals surface area contributed by atoms with Gasteiger partial charge in [0, 0.05) is 5.57 Å². The van der Waals surface area contributed by atoms with Gasteiger partial charge in [-0.05, 0) is 11.6 Å². The Balaban J connectivity index is 2.64. The van der Waals surface area contributed by atoms with Gasteiger partial charge in [-0.2, -0.15) is 0 Å². The quantitative estimate of drug-likeness (QED) is 0.315. The van der Waals surface area contributed by atoms with Gasteiger partial charge in [0.05, 0.1) is 0 Å². The fourth-order valence-electron chi connectivity index (χ4n) is 1.15. The van der Waals surface area contributed by atoms with E-state index in [1.165, 1.54) is 0 Å². The molecule has 0 amide bonds. The van der Waals surface area contributed by atoms with E-state index >= 15 is 0 Å². The van der Waals surface area contributed by atoms with E-state index in [0.29, 0.717) is 24.2 Å². The van der Waals surface area contributed by atoms with Crippen molar-refractivity contribution < 1.29 is 9.53 Å². The van der Waals surface area contributed by atoms with Crippen molar-refractivity contribution >= 4 is 6.29 Å². The number of ether oxygens (including phenoxy) is 1. The van der Waals surface area contributed by atoms with Crippen LogP contribution in [-0.4, -0.2) is 6.29 Å².